The SMILES string of the molecule is C=CC(=O)OCC(=O)OC12CC3(O)CC(O)(CC(O)(C3)C1C)C2. The molecule has 4 rings (SSSR count). The summed E-state index contributed by atoms with van der Waals surface area (Å²) in [5, 5.41) is 32.2. The summed E-state index contributed by atoms with van der Waals surface area (Å²) in [5.74, 6) is -1.95. The second-order valence-electron chi connectivity index (χ2n) is 7.51. The molecule has 0 aliphatic heterocycles. The average molecular weight is 326 g/mol. The topological polar surface area (TPSA) is 113 Å². The van der Waals surface area contributed by atoms with E-state index in [2.05, 4.69) is 11.3 Å². The van der Waals surface area contributed by atoms with Crippen molar-refractivity contribution in [1.29, 1.82) is 0 Å². The first kappa shape index (κ1) is 16.4. The van der Waals surface area contributed by atoms with Crippen LogP contribution in [-0.2, 0) is 19.1 Å². The van der Waals surface area contributed by atoms with Gasteiger partial charge in [0, 0.05) is 44.1 Å². The Morgan fingerprint density at radius 1 is 1.13 bits per heavy atom. The molecular formula is C16H22O7. The lowest BCUT2D eigenvalue weighted by molar-refractivity contribution is -0.326. The maximum Gasteiger partial charge on any atom is 0.344 e. The van der Waals surface area contributed by atoms with Gasteiger partial charge in [-0.05, 0) is 0 Å². The van der Waals surface area contributed by atoms with Crippen molar-refractivity contribution < 1.29 is 34.4 Å². The molecule has 7 nitrogen and oxygen atoms in total. The van der Waals surface area contributed by atoms with E-state index < -0.39 is 46.9 Å². The summed E-state index contributed by atoms with van der Waals surface area (Å²) in [4.78, 5) is 23.1. The zero-order valence-corrected chi connectivity index (χ0v) is 13.1. The minimum absolute atomic E-state index is 0.160. The molecule has 0 aromatic rings. The van der Waals surface area contributed by atoms with Crippen molar-refractivity contribution >= 4 is 11.9 Å². The van der Waals surface area contributed by atoms with E-state index >= 15 is 0 Å². The molecule has 0 spiro atoms. The standard InChI is InChI=1S/C16H22O7/c1-3-11(17)22-4-12(18)23-16-8-13(19)5-14(20,9-16)7-15(21,6-13)10(16)2/h3,10,19-21H,1,4-9H2,2H3. The highest BCUT2D eigenvalue weighted by Crippen LogP contribution is 2.64. The fourth-order valence-electron chi connectivity index (χ4n) is 5.07. The van der Waals surface area contributed by atoms with E-state index in [1.54, 1.807) is 6.92 Å². The van der Waals surface area contributed by atoms with Crippen LogP contribution in [0.3, 0.4) is 0 Å². The minimum atomic E-state index is -1.28. The lowest BCUT2D eigenvalue weighted by Gasteiger charge is -2.67. The predicted octanol–water partition coefficient (Wildman–Crippen LogP) is -0.182. The molecule has 3 atom stereocenters. The number of carbonyl (C=O) groups is 2. The molecule has 128 valence electrons. The molecule has 0 aromatic heterocycles. The number of carbonyl (C=O) groups excluding carboxylic acids is 2. The number of aliphatic hydroxyl groups is 3. The lowest BCUT2D eigenvalue weighted by atomic mass is 9.45. The van der Waals surface area contributed by atoms with Crippen LogP contribution in [0.2, 0.25) is 0 Å². The maximum absolute atomic E-state index is 12.0. The van der Waals surface area contributed by atoms with E-state index in [9.17, 15) is 24.9 Å². The molecule has 4 saturated carbocycles. The van der Waals surface area contributed by atoms with Crippen molar-refractivity contribution in [2.45, 2.75) is 61.4 Å². The van der Waals surface area contributed by atoms with Crippen LogP contribution in [0.5, 0.6) is 0 Å². The molecule has 0 aromatic carbocycles. The summed E-state index contributed by atoms with van der Waals surface area (Å²) >= 11 is 0. The average Bonchev–Trinajstić information content (AvgIpc) is 2.38. The Bertz CT molecular complexity index is 551. The van der Waals surface area contributed by atoms with E-state index in [4.69, 9.17) is 4.74 Å². The van der Waals surface area contributed by atoms with Crippen LogP contribution >= 0.6 is 0 Å². The number of esters is 2. The third-order valence-corrected chi connectivity index (χ3v) is 5.60. The molecular weight excluding hydrogens is 304 g/mol. The molecule has 0 saturated heterocycles. The van der Waals surface area contributed by atoms with Crippen LogP contribution in [-0.4, -0.2) is 56.3 Å². The van der Waals surface area contributed by atoms with Crippen molar-refractivity contribution in [2.75, 3.05) is 6.61 Å². The van der Waals surface area contributed by atoms with Gasteiger partial charge in [-0.15, -0.1) is 0 Å². The Labute approximate surface area is 133 Å². The molecule has 0 amide bonds. The molecule has 0 radical (unpaired) electrons. The number of hydrogen-bond acceptors (Lipinski definition) is 7. The van der Waals surface area contributed by atoms with E-state index in [0.717, 1.165) is 6.08 Å². The Morgan fingerprint density at radius 2 is 1.70 bits per heavy atom. The van der Waals surface area contributed by atoms with Gasteiger partial charge in [0.2, 0.25) is 0 Å². The van der Waals surface area contributed by atoms with Crippen LogP contribution in [0, 0.1) is 5.92 Å². The molecule has 4 aliphatic carbocycles. The summed E-state index contributed by atoms with van der Waals surface area (Å²) in [7, 11) is 0. The van der Waals surface area contributed by atoms with Crippen LogP contribution in [0.15, 0.2) is 12.7 Å². The lowest BCUT2D eigenvalue weighted by Crippen LogP contribution is -2.76. The molecule has 3 unspecified atom stereocenters. The largest absolute Gasteiger partial charge is 0.456 e. The van der Waals surface area contributed by atoms with Gasteiger partial charge in [-0.3, -0.25) is 0 Å². The quantitative estimate of drug-likeness (QED) is 0.485. The van der Waals surface area contributed by atoms with Gasteiger partial charge < -0.3 is 24.8 Å². The van der Waals surface area contributed by atoms with Crippen LogP contribution in [0.25, 0.3) is 0 Å². The van der Waals surface area contributed by atoms with E-state index in [0.29, 0.717) is 0 Å². The molecule has 7 heteroatoms. The summed E-state index contributed by atoms with van der Waals surface area (Å²) in [6.07, 6.45) is 1.75. The zero-order chi connectivity index (χ0) is 17.1. The summed E-state index contributed by atoms with van der Waals surface area (Å²) in [5.41, 5.74) is -4.96. The number of hydrogen-bond donors (Lipinski definition) is 3. The van der Waals surface area contributed by atoms with E-state index in [1.807, 2.05) is 0 Å². The third kappa shape index (κ3) is 2.56. The van der Waals surface area contributed by atoms with Gasteiger partial charge in [0.1, 0.15) is 5.60 Å². The fourth-order valence-corrected chi connectivity index (χ4v) is 5.07. The van der Waals surface area contributed by atoms with Gasteiger partial charge in [-0.25, -0.2) is 9.59 Å². The molecule has 3 N–H and O–H groups in total. The maximum atomic E-state index is 12.0. The third-order valence-electron chi connectivity index (χ3n) is 5.60. The first-order valence-corrected chi connectivity index (χ1v) is 7.72. The highest BCUT2D eigenvalue weighted by molar-refractivity contribution is 5.83. The van der Waals surface area contributed by atoms with Gasteiger partial charge in [0.05, 0.1) is 16.8 Å². The first-order chi connectivity index (χ1) is 10.5. The van der Waals surface area contributed by atoms with Gasteiger partial charge in [0.25, 0.3) is 0 Å². The van der Waals surface area contributed by atoms with E-state index in [-0.39, 0.29) is 32.1 Å². The van der Waals surface area contributed by atoms with Crippen LogP contribution < -0.4 is 0 Å². The van der Waals surface area contributed by atoms with Crippen LogP contribution in [0.1, 0.15) is 39.0 Å². The van der Waals surface area contributed by atoms with Crippen molar-refractivity contribution in [1.82, 2.24) is 0 Å². The summed E-state index contributed by atoms with van der Waals surface area (Å²) in [6.45, 7) is 4.42. The van der Waals surface area contributed by atoms with Gasteiger partial charge in [-0.2, -0.15) is 0 Å². The summed E-state index contributed by atoms with van der Waals surface area (Å²) in [6, 6.07) is 0. The monoisotopic (exact) mass is 326 g/mol. The second kappa shape index (κ2) is 4.78. The molecule has 4 bridgehead atoms. The Kier molecular flexibility index (Phi) is 3.41. The van der Waals surface area contributed by atoms with Crippen molar-refractivity contribution in [3.8, 4) is 0 Å². The first-order valence-electron chi connectivity index (χ1n) is 7.72. The Balaban J connectivity index is 1.81. The molecule has 23 heavy (non-hydrogen) atoms. The highest BCUT2D eigenvalue weighted by atomic mass is 16.6. The molecule has 4 fully saturated rings. The van der Waals surface area contributed by atoms with E-state index in [1.165, 1.54) is 0 Å². The Morgan fingerprint density at radius 3 is 2.22 bits per heavy atom. The van der Waals surface area contributed by atoms with Gasteiger partial charge in [-0.1, -0.05) is 13.5 Å². The van der Waals surface area contributed by atoms with Crippen molar-refractivity contribution in [3.63, 3.8) is 0 Å². The normalized spacial score (nSPS) is 47.2. The predicted molar refractivity (Wildman–Crippen MR) is 77.1 cm³/mol. The highest BCUT2D eigenvalue weighted by Gasteiger charge is 2.72. The van der Waals surface area contributed by atoms with Crippen molar-refractivity contribution in [3.05, 3.63) is 12.7 Å². The molecule has 0 heterocycles. The fraction of sp³-hybridized carbons (Fsp3) is 0.750. The van der Waals surface area contributed by atoms with Crippen LogP contribution in [0.4, 0.5) is 0 Å². The number of rotatable bonds is 4. The Hall–Kier alpha value is -1.44. The summed E-state index contributed by atoms with van der Waals surface area (Å²) < 4.78 is 10.2. The smallest absolute Gasteiger partial charge is 0.344 e. The zero-order valence-electron chi connectivity index (χ0n) is 13.1. The molecule has 4 aliphatic rings. The number of ether oxygens (including phenoxy) is 2. The van der Waals surface area contributed by atoms with Gasteiger partial charge >= 0.3 is 11.9 Å². The van der Waals surface area contributed by atoms with Gasteiger partial charge in [0.15, 0.2) is 6.61 Å². The second-order valence-corrected chi connectivity index (χ2v) is 7.51. The van der Waals surface area contributed by atoms with Crippen molar-refractivity contribution in [2.24, 2.45) is 5.92 Å². The minimum Gasteiger partial charge on any atom is -0.456 e.